The molecule has 21 heavy (non-hydrogen) atoms. The van der Waals surface area contributed by atoms with Gasteiger partial charge in [0.15, 0.2) is 6.61 Å². The number of carbonyl (C=O) groups excluding carboxylic acids is 1. The summed E-state index contributed by atoms with van der Waals surface area (Å²) in [5.74, 6) is 0.213. The maximum Gasteiger partial charge on any atom is 0.337 e. The Hall–Kier alpha value is -1.80. The van der Waals surface area contributed by atoms with Crippen LogP contribution in [-0.4, -0.2) is 34.3 Å². The van der Waals surface area contributed by atoms with Gasteiger partial charge in [-0.05, 0) is 25.1 Å². The van der Waals surface area contributed by atoms with Gasteiger partial charge < -0.3 is 9.47 Å². The molecule has 0 atom stereocenters. The van der Waals surface area contributed by atoms with Crippen molar-refractivity contribution in [2.24, 2.45) is 0 Å². The van der Waals surface area contributed by atoms with E-state index in [9.17, 15) is 4.79 Å². The van der Waals surface area contributed by atoms with E-state index in [2.05, 4.69) is 36.4 Å². The molecule has 112 valence electrons. The monoisotopic (exact) mass is 374 g/mol. The summed E-state index contributed by atoms with van der Waals surface area (Å²) < 4.78 is 11.2. The number of benzene rings is 1. The Labute approximate surface area is 134 Å². The van der Waals surface area contributed by atoms with E-state index in [1.54, 1.807) is 18.2 Å². The lowest BCUT2D eigenvalue weighted by Crippen LogP contribution is -2.21. The zero-order valence-corrected chi connectivity index (χ0v) is 13.4. The first-order chi connectivity index (χ1) is 10.1. The molecule has 0 unspecified atom stereocenters. The average molecular weight is 376 g/mol. The van der Waals surface area contributed by atoms with Crippen molar-refractivity contribution in [3.8, 4) is 11.8 Å². The number of aromatic amines is 1. The van der Waals surface area contributed by atoms with Crippen molar-refractivity contribution in [2.75, 3.05) is 18.5 Å². The molecule has 0 aliphatic rings. The van der Waals surface area contributed by atoms with Gasteiger partial charge >= 0.3 is 6.01 Å². The highest BCUT2D eigenvalue weighted by atomic mass is 79.9. The van der Waals surface area contributed by atoms with Crippen molar-refractivity contribution in [3.63, 3.8) is 0 Å². The minimum Gasteiger partial charge on any atom is -0.482 e. The van der Waals surface area contributed by atoms with Gasteiger partial charge in [0.05, 0.1) is 11.6 Å². The van der Waals surface area contributed by atoms with Crippen LogP contribution in [0, 0.1) is 0 Å². The molecule has 0 aliphatic carbocycles. The second-order valence-electron chi connectivity index (χ2n) is 3.81. The summed E-state index contributed by atoms with van der Waals surface area (Å²) in [6.45, 7) is 2.05. The van der Waals surface area contributed by atoms with Gasteiger partial charge in [0.1, 0.15) is 5.75 Å². The summed E-state index contributed by atoms with van der Waals surface area (Å²) in [5.41, 5.74) is 0. The molecule has 2 rings (SSSR count). The molecular formula is C12H12BrClN4O3. The molecule has 0 spiro atoms. The molecule has 9 heteroatoms. The first-order valence-electron chi connectivity index (χ1n) is 6.01. The third kappa shape index (κ3) is 4.61. The van der Waals surface area contributed by atoms with Gasteiger partial charge in [0.25, 0.3) is 5.91 Å². The fourth-order valence-electron chi connectivity index (χ4n) is 1.40. The summed E-state index contributed by atoms with van der Waals surface area (Å²) in [6.07, 6.45) is 0. The van der Waals surface area contributed by atoms with Crippen LogP contribution in [0.15, 0.2) is 22.7 Å². The van der Waals surface area contributed by atoms with E-state index < -0.39 is 5.91 Å². The van der Waals surface area contributed by atoms with Gasteiger partial charge in [0, 0.05) is 4.47 Å². The largest absolute Gasteiger partial charge is 0.482 e. The highest BCUT2D eigenvalue weighted by Crippen LogP contribution is 2.27. The zero-order valence-electron chi connectivity index (χ0n) is 11.0. The lowest BCUT2D eigenvalue weighted by atomic mass is 10.3. The normalized spacial score (nSPS) is 10.2. The van der Waals surface area contributed by atoms with Gasteiger partial charge in [-0.1, -0.05) is 27.5 Å². The van der Waals surface area contributed by atoms with Crippen molar-refractivity contribution in [3.05, 3.63) is 27.7 Å². The average Bonchev–Trinajstić information content (AvgIpc) is 2.85. The summed E-state index contributed by atoms with van der Waals surface area (Å²) in [6, 6.07) is 5.29. The maximum atomic E-state index is 11.7. The van der Waals surface area contributed by atoms with Crippen LogP contribution >= 0.6 is 27.5 Å². The van der Waals surface area contributed by atoms with Crippen LogP contribution in [-0.2, 0) is 4.79 Å². The molecule has 2 N–H and O–H groups in total. The number of rotatable bonds is 6. The summed E-state index contributed by atoms with van der Waals surface area (Å²) in [5, 5.41) is 9.20. The number of halogens is 2. The fraction of sp³-hybridized carbons (Fsp3) is 0.250. The quantitative estimate of drug-likeness (QED) is 0.810. The molecule has 0 radical (unpaired) electrons. The predicted octanol–water partition coefficient (Wildman–Crippen LogP) is 2.64. The van der Waals surface area contributed by atoms with Gasteiger partial charge in [-0.15, -0.1) is 5.10 Å². The Morgan fingerprint density at radius 1 is 1.48 bits per heavy atom. The number of hydrogen-bond donors (Lipinski definition) is 2. The predicted molar refractivity (Wildman–Crippen MR) is 80.8 cm³/mol. The summed E-state index contributed by atoms with van der Waals surface area (Å²) in [7, 11) is 0. The van der Waals surface area contributed by atoms with Crippen LogP contribution in [0.1, 0.15) is 6.92 Å². The second kappa shape index (κ2) is 7.28. The van der Waals surface area contributed by atoms with Crippen molar-refractivity contribution in [1.82, 2.24) is 15.2 Å². The molecule has 0 aliphatic heterocycles. The van der Waals surface area contributed by atoms with Crippen LogP contribution in [0.4, 0.5) is 5.95 Å². The van der Waals surface area contributed by atoms with E-state index in [-0.39, 0.29) is 18.6 Å². The van der Waals surface area contributed by atoms with E-state index in [0.29, 0.717) is 17.4 Å². The smallest absolute Gasteiger partial charge is 0.337 e. The van der Waals surface area contributed by atoms with Crippen LogP contribution in [0.5, 0.6) is 11.8 Å². The summed E-state index contributed by atoms with van der Waals surface area (Å²) in [4.78, 5) is 15.6. The number of H-pyrrole nitrogens is 1. The number of nitrogens with one attached hydrogen (secondary N) is 2. The highest BCUT2D eigenvalue weighted by Gasteiger charge is 2.10. The number of anilines is 1. The number of amides is 1. The highest BCUT2D eigenvalue weighted by molar-refractivity contribution is 9.10. The second-order valence-corrected chi connectivity index (χ2v) is 5.13. The van der Waals surface area contributed by atoms with Crippen molar-refractivity contribution < 1.29 is 14.3 Å². The molecule has 1 aromatic carbocycles. The zero-order chi connectivity index (χ0) is 15.2. The van der Waals surface area contributed by atoms with Crippen LogP contribution in [0.2, 0.25) is 5.02 Å². The van der Waals surface area contributed by atoms with Crippen LogP contribution in [0.25, 0.3) is 0 Å². The first-order valence-corrected chi connectivity index (χ1v) is 7.18. The molecular weight excluding hydrogens is 364 g/mol. The van der Waals surface area contributed by atoms with Gasteiger partial charge in [-0.25, -0.2) is 5.10 Å². The molecule has 1 aromatic heterocycles. The molecule has 2 aromatic rings. The Bertz CT molecular complexity index is 635. The van der Waals surface area contributed by atoms with Crippen LogP contribution in [0.3, 0.4) is 0 Å². The summed E-state index contributed by atoms with van der Waals surface area (Å²) >= 11 is 9.26. The number of aromatic nitrogens is 3. The Balaban J connectivity index is 1.86. The Morgan fingerprint density at radius 2 is 2.29 bits per heavy atom. The molecule has 1 amide bonds. The van der Waals surface area contributed by atoms with Gasteiger partial charge in [-0.3, -0.25) is 10.1 Å². The first kappa shape index (κ1) is 15.6. The van der Waals surface area contributed by atoms with Crippen molar-refractivity contribution >= 4 is 39.4 Å². The van der Waals surface area contributed by atoms with E-state index in [1.165, 1.54) is 0 Å². The van der Waals surface area contributed by atoms with E-state index >= 15 is 0 Å². The number of ether oxygens (including phenoxy) is 2. The van der Waals surface area contributed by atoms with Crippen molar-refractivity contribution in [2.45, 2.75) is 6.92 Å². The topological polar surface area (TPSA) is 89.1 Å². The lowest BCUT2D eigenvalue weighted by Gasteiger charge is -2.07. The Morgan fingerprint density at radius 3 is 3.00 bits per heavy atom. The van der Waals surface area contributed by atoms with Crippen molar-refractivity contribution in [1.29, 1.82) is 0 Å². The minimum atomic E-state index is -0.395. The van der Waals surface area contributed by atoms with E-state index in [0.717, 1.165) is 4.47 Å². The number of carbonyl (C=O) groups is 1. The third-order valence-corrected chi connectivity index (χ3v) is 3.04. The van der Waals surface area contributed by atoms with Crippen LogP contribution < -0.4 is 14.8 Å². The van der Waals surface area contributed by atoms with Gasteiger partial charge in [-0.2, -0.15) is 4.98 Å². The minimum absolute atomic E-state index is 0.171. The SMILES string of the molecule is CCOc1n[nH]c(NC(=O)COc2ccc(Br)cc2Cl)n1. The number of nitrogens with zero attached hydrogens (tertiary/aromatic N) is 2. The maximum absolute atomic E-state index is 11.7. The molecule has 0 saturated heterocycles. The molecule has 0 bridgehead atoms. The fourth-order valence-corrected chi connectivity index (χ4v) is 2.13. The number of hydrogen-bond acceptors (Lipinski definition) is 5. The lowest BCUT2D eigenvalue weighted by molar-refractivity contribution is -0.118. The molecule has 1 heterocycles. The molecule has 0 fully saturated rings. The van der Waals surface area contributed by atoms with E-state index in [1.807, 2.05) is 6.92 Å². The Kier molecular flexibility index (Phi) is 5.40. The van der Waals surface area contributed by atoms with Gasteiger partial charge in [0.2, 0.25) is 5.95 Å². The standard InChI is InChI=1S/C12H12BrClN4O3/c1-2-20-12-16-11(17-18-12)15-10(19)6-21-9-4-3-7(13)5-8(9)14/h3-5H,2,6H2,1H3,(H2,15,16,17,18,19). The molecule has 0 saturated carbocycles. The molecule has 7 nitrogen and oxygen atoms in total. The van der Waals surface area contributed by atoms with E-state index in [4.69, 9.17) is 21.1 Å². The third-order valence-electron chi connectivity index (χ3n) is 2.25.